The van der Waals surface area contributed by atoms with E-state index in [0.717, 1.165) is 18.7 Å². The molecule has 1 unspecified atom stereocenters. The highest BCUT2D eigenvalue weighted by atomic mass is 16.7. The van der Waals surface area contributed by atoms with Crippen LogP contribution in [0.4, 0.5) is 0 Å². The Morgan fingerprint density at radius 2 is 2.37 bits per heavy atom. The minimum Gasteiger partial charge on any atom is -0.348 e. The third-order valence-electron chi connectivity index (χ3n) is 2.78. The number of aromatic amines is 1. The standard InChI is InChI=1S/C12H20N4O3/c1-4-5-9-14-10(16-15-9)11(17)13-6-8-7-18-12(2,3)19-8/h8H,4-7H2,1-3H3,(H,13,17)(H,14,15,16). The Kier molecular flexibility index (Phi) is 4.16. The molecule has 1 fully saturated rings. The van der Waals surface area contributed by atoms with Crippen LogP contribution in [0.15, 0.2) is 0 Å². The fraction of sp³-hybridized carbons (Fsp3) is 0.750. The van der Waals surface area contributed by atoms with E-state index < -0.39 is 5.79 Å². The number of rotatable bonds is 5. The first kappa shape index (κ1) is 14.0. The van der Waals surface area contributed by atoms with Crippen molar-refractivity contribution in [2.75, 3.05) is 13.2 Å². The van der Waals surface area contributed by atoms with E-state index in [-0.39, 0.29) is 17.8 Å². The number of aromatic nitrogens is 3. The summed E-state index contributed by atoms with van der Waals surface area (Å²) in [5.74, 6) is 0.0247. The molecule has 2 N–H and O–H groups in total. The van der Waals surface area contributed by atoms with Gasteiger partial charge in [0.05, 0.1) is 6.61 Å². The topological polar surface area (TPSA) is 89.1 Å². The molecule has 7 nitrogen and oxygen atoms in total. The lowest BCUT2D eigenvalue weighted by atomic mass is 10.3. The molecule has 1 atom stereocenters. The molecule has 0 saturated carbocycles. The first-order chi connectivity index (χ1) is 9.00. The average Bonchev–Trinajstić information content (AvgIpc) is 2.93. The van der Waals surface area contributed by atoms with Gasteiger partial charge in [-0.2, -0.15) is 0 Å². The van der Waals surface area contributed by atoms with Crippen molar-refractivity contribution in [1.29, 1.82) is 0 Å². The quantitative estimate of drug-likeness (QED) is 0.818. The molecule has 0 bridgehead atoms. The van der Waals surface area contributed by atoms with E-state index in [2.05, 4.69) is 20.5 Å². The van der Waals surface area contributed by atoms with Crippen molar-refractivity contribution < 1.29 is 14.3 Å². The molecule has 0 aliphatic carbocycles. The number of nitrogens with zero attached hydrogens (tertiary/aromatic N) is 2. The van der Waals surface area contributed by atoms with Gasteiger partial charge in [-0.25, -0.2) is 4.98 Å². The second-order valence-electron chi connectivity index (χ2n) is 5.02. The van der Waals surface area contributed by atoms with Crippen molar-refractivity contribution in [2.45, 2.75) is 45.5 Å². The summed E-state index contributed by atoms with van der Waals surface area (Å²) >= 11 is 0. The molecule has 7 heteroatoms. The summed E-state index contributed by atoms with van der Waals surface area (Å²) in [6.45, 7) is 6.60. The van der Waals surface area contributed by atoms with E-state index in [0.29, 0.717) is 13.2 Å². The van der Waals surface area contributed by atoms with Crippen LogP contribution in [0.25, 0.3) is 0 Å². The molecule has 1 aromatic heterocycles. The highest BCUT2D eigenvalue weighted by Crippen LogP contribution is 2.21. The van der Waals surface area contributed by atoms with Crippen LogP contribution in [0.1, 0.15) is 43.6 Å². The first-order valence-corrected chi connectivity index (χ1v) is 6.51. The van der Waals surface area contributed by atoms with Crippen molar-refractivity contribution in [3.8, 4) is 0 Å². The average molecular weight is 268 g/mol. The smallest absolute Gasteiger partial charge is 0.291 e. The predicted octanol–water partition coefficient (Wildman–Crippen LogP) is 0.638. The number of hydrogen-bond acceptors (Lipinski definition) is 5. The Balaban J connectivity index is 1.81. The van der Waals surface area contributed by atoms with Gasteiger partial charge in [-0.05, 0) is 20.3 Å². The van der Waals surface area contributed by atoms with Crippen molar-refractivity contribution in [3.63, 3.8) is 0 Å². The molecule has 2 rings (SSSR count). The fourth-order valence-corrected chi connectivity index (χ4v) is 1.89. The van der Waals surface area contributed by atoms with Crippen molar-refractivity contribution in [3.05, 3.63) is 11.6 Å². The zero-order valence-corrected chi connectivity index (χ0v) is 11.5. The maximum Gasteiger partial charge on any atom is 0.291 e. The van der Waals surface area contributed by atoms with Crippen LogP contribution in [0.5, 0.6) is 0 Å². The molecule has 1 aromatic rings. The number of aryl methyl sites for hydroxylation is 1. The summed E-state index contributed by atoms with van der Waals surface area (Å²) in [5.41, 5.74) is 0. The van der Waals surface area contributed by atoms with Crippen LogP contribution in [0, 0.1) is 0 Å². The number of hydrogen-bond donors (Lipinski definition) is 2. The molecule has 1 amide bonds. The number of H-pyrrole nitrogens is 1. The molecule has 0 spiro atoms. The van der Waals surface area contributed by atoms with E-state index >= 15 is 0 Å². The summed E-state index contributed by atoms with van der Waals surface area (Å²) in [6, 6.07) is 0. The molecule has 1 aliphatic rings. The van der Waals surface area contributed by atoms with Crippen LogP contribution < -0.4 is 5.32 Å². The molecule has 2 heterocycles. The van der Waals surface area contributed by atoms with Gasteiger partial charge in [-0.3, -0.25) is 9.89 Å². The van der Waals surface area contributed by atoms with Gasteiger partial charge >= 0.3 is 0 Å². The van der Waals surface area contributed by atoms with E-state index in [1.54, 1.807) is 0 Å². The van der Waals surface area contributed by atoms with Crippen LogP contribution in [-0.4, -0.2) is 46.1 Å². The van der Waals surface area contributed by atoms with Crippen LogP contribution in [-0.2, 0) is 15.9 Å². The fourth-order valence-electron chi connectivity index (χ4n) is 1.89. The Bertz CT molecular complexity index is 444. The van der Waals surface area contributed by atoms with Crippen LogP contribution >= 0.6 is 0 Å². The third kappa shape index (κ3) is 3.74. The predicted molar refractivity (Wildman–Crippen MR) is 67.6 cm³/mol. The van der Waals surface area contributed by atoms with Gasteiger partial charge in [-0.15, -0.1) is 5.10 Å². The zero-order chi connectivity index (χ0) is 13.9. The van der Waals surface area contributed by atoms with Gasteiger partial charge in [0.1, 0.15) is 11.9 Å². The highest BCUT2D eigenvalue weighted by molar-refractivity contribution is 5.90. The molecule has 1 aliphatic heterocycles. The highest BCUT2D eigenvalue weighted by Gasteiger charge is 2.32. The number of carbonyl (C=O) groups is 1. The largest absolute Gasteiger partial charge is 0.348 e. The lowest BCUT2D eigenvalue weighted by Crippen LogP contribution is -2.35. The molecule has 0 radical (unpaired) electrons. The summed E-state index contributed by atoms with van der Waals surface area (Å²) in [4.78, 5) is 16.0. The van der Waals surface area contributed by atoms with Gasteiger partial charge in [0, 0.05) is 13.0 Å². The lowest BCUT2D eigenvalue weighted by molar-refractivity contribution is -0.137. The monoisotopic (exact) mass is 268 g/mol. The second kappa shape index (κ2) is 5.66. The first-order valence-electron chi connectivity index (χ1n) is 6.51. The second-order valence-corrected chi connectivity index (χ2v) is 5.02. The number of ether oxygens (including phenoxy) is 2. The van der Waals surface area contributed by atoms with Gasteiger partial charge in [0.25, 0.3) is 5.91 Å². The van der Waals surface area contributed by atoms with Crippen LogP contribution in [0.3, 0.4) is 0 Å². The maximum absolute atomic E-state index is 11.8. The maximum atomic E-state index is 11.8. The third-order valence-corrected chi connectivity index (χ3v) is 2.78. The van der Waals surface area contributed by atoms with E-state index in [1.807, 2.05) is 20.8 Å². The van der Waals surface area contributed by atoms with Gasteiger partial charge in [0.2, 0.25) is 5.82 Å². The molecule has 0 aromatic carbocycles. The van der Waals surface area contributed by atoms with E-state index in [1.165, 1.54) is 0 Å². The zero-order valence-electron chi connectivity index (χ0n) is 11.5. The van der Waals surface area contributed by atoms with Gasteiger partial charge in [-0.1, -0.05) is 6.92 Å². The number of amides is 1. The van der Waals surface area contributed by atoms with Crippen molar-refractivity contribution in [2.24, 2.45) is 0 Å². The summed E-state index contributed by atoms with van der Waals surface area (Å²) in [5, 5.41) is 9.38. The molecular formula is C12H20N4O3. The minimum atomic E-state index is -0.575. The van der Waals surface area contributed by atoms with Gasteiger partial charge in [0.15, 0.2) is 5.79 Å². The summed E-state index contributed by atoms with van der Waals surface area (Å²) < 4.78 is 11.0. The number of carbonyl (C=O) groups excluding carboxylic acids is 1. The van der Waals surface area contributed by atoms with E-state index in [9.17, 15) is 4.79 Å². The Labute approximate surface area is 112 Å². The lowest BCUT2D eigenvalue weighted by Gasteiger charge is -2.17. The Morgan fingerprint density at radius 1 is 1.58 bits per heavy atom. The minimum absolute atomic E-state index is 0.131. The van der Waals surface area contributed by atoms with Crippen LogP contribution in [0.2, 0.25) is 0 Å². The normalized spacial score (nSPS) is 21.5. The Hall–Kier alpha value is -1.47. The summed E-state index contributed by atoms with van der Waals surface area (Å²) in [6.07, 6.45) is 1.61. The number of nitrogens with one attached hydrogen (secondary N) is 2. The van der Waals surface area contributed by atoms with Crippen molar-refractivity contribution in [1.82, 2.24) is 20.5 Å². The molecular weight excluding hydrogens is 248 g/mol. The molecule has 106 valence electrons. The molecule has 1 saturated heterocycles. The Morgan fingerprint density at radius 3 is 3.00 bits per heavy atom. The van der Waals surface area contributed by atoms with E-state index in [4.69, 9.17) is 9.47 Å². The van der Waals surface area contributed by atoms with Crippen molar-refractivity contribution >= 4 is 5.91 Å². The summed E-state index contributed by atoms with van der Waals surface area (Å²) in [7, 11) is 0. The van der Waals surface area contributed by atoms with Gasteiger partial charge < -0.3 is 14.8 Å². The molecule has 19 heavy (non-hydrogen) atoms. The SMILES string of the molecule is CCCc1nc(C(=O)NCC2COC(C)(C)O2)n[nH]1.